The first-order valence-electron chi connectivity index (χ1n) is 11.0. The summed E-state index contributed by atoms with van der Waals surface area (Å²) >= 11 is 0. The van der Waals surface area contributed by atoms with E-state index in [0.29, 0.717) is 0 Å². The maximum atomic E-state index is 2.64. The van der Waals surface area contributed by atoms with Gasteiger partial charge in [0.1, 0.15) is 0 Å². The predicted molar refractivity (Wildman–Crippen MR) is 130 cm³/mol. The summed E-state index contributed by atoms with van der Waals surface area (Å²) in [6.07, 6.45) is 5.08. The summed E-state index contributed by atoms with van der Waals surface area (Å²) in [6.45, 7) is 8.03. The average Bonchev–Trinajstić information content (AvgIpc) is 2.77. The number of rotatable bonds is 11. The molecule has 152 valence electrons. The Hall–Kier alpha value is -1.95. The van der Waals surface area contributed by atoms with Crippen molar-refractivity contribution in [3.63, 3.8) is 0 Å². The first-order chi connectivity index (χ1) is 14.3. The van der Waals surface area contributed by atoms with E-state index in [-0.39, 0.29) is 0 Å². The molecule has 0 spiro atoms. The highest BCUT2D eigenvalue weighted by Gasteiger charge is 2.16. The molecule has 0 atom stereocenters. The van der Waals surface area contributed by atoms with Crippen LogP contribution in [0.15, 0.2) is 84.9 Å². The van der Waals surface area contributed by atoms with Crippen molar-refractivity contribution in [2.45, 2.75) is 46.1 Å². The van der Waals surface area contributed by atoms with Crippen LogP contribution in [0.2, 0.25) is 0 Å². The molecule has 0 bridgehead atoms. The molecular weight excluding hydrogens is 369 g/mol. The number of benzene rings is 3. The van der Waals surface area contributed by atoms with Crippen LogP contribution < -0.4 is 15.9 Å². The van der Waals surface area contributed by atoms with Crippen LogP contribution in [0.25, 0.3) is 0 Å². The number of hydrogen-bond donors (Lipinski definition) is 0. The zero-order valence-corrected chi connectivity index (χ0v) is 18.8. The van der Waals surface area contributed by atoms with E-state index in [1.807, 2.05) is 0 Å². The molecule has 0 fully saturated rings. The van der Waals surface area contributed by atoms with Crippen LogP contribution in [0.4, 0.5) is 0 Å². The molecule has 0 aliphatic carbocycles. The van der Waals surface area contributed by atoms with Gasteiger partial charge in [-0.05, 0) is 61.4 Å². The van der Waals surface area contributed by atoms with Gasteiger partial charge in [-0.15, -0.1) is 0 Å². The van der Waals surface area contributed by atoms with Crippen molar-refractivity contribution in [2.24, 2.45) is 0 Å². The minimum absolute atomic E-state index is 0.528. The van der Waals surface area contributed by atoms with Crippen LogP contribution in [0.3, 0.4) is 0 Å². The molecule has 3 rings (SSSR count). The molecule has 0 heterocycles. The van der Waals surface area contributed by atoms with Gasteiger partial charge in [0.25, 0.3) is 0 Å². The highest BCUT2D eigenvalue weighted by molar-refractivity contribution is 7.79. The van der Waals surface area contributed by atoms with Crippen molar-refractivity contribution in [3.05, 3.63) is 90.5 Å². The third-order valence-electron chi connectivity index (χ3n) is 5.26. The molecule has 2 heteroatoms. The third kappa shape index (κ3) is 6.53. The minimum Gasteiger partial charge on any atom is -0.299 e. The fourth-order valence-corrected chi connectivity index (χ4v) is 6.05. The highest BCUT2D eigenvalue weighted by Crippen LogP contribution is 2.32. The summed E-state index contributed by atoms with van der Waals surface area (Å²) in [6, 6.07) is 31.3. The summed E-state index contributed by atoms with van der Waals surface area (Å²) in [5.41, 5.74) is 1.44. The smallest absolute Gasteiger partial charge is 0.0233 e. The Morgan fingerprint density at radius 3 is 1.66 bits per heavy atom. The van der Waals surface area contributed by atoms with Crippen LogP contribution in [0, 0.1) is 0 Å². The maximum absolute atomic E-state index is 2.64. The molecule has 0 N–H and O–H groups in total. The summed E-state index contributed by atoms with van der Waals surface area (Å²) in [5.74, 6) is 0. The topological polar surface area (TPSA) is 3.24 Å². The van der Waals surface area contributed by atoms with Crippen molar-refractivity contribution in [2.75, 3.05) is 13.1 Å². The Balaban J connectivity index is 1.88. The van der Waals surface area contributed by atoms with Crippen molar-refractivity contribution >= 4 is 23.8 Å². The van der Waals surface area contributed by atoms with Crippen molar-refractivity contribution in [1.82, 2.24) is 4.90 Å². The van der Waals surface area contributed by atoms with Gasteiger partial charge in [0.2, 0.25) is 0 Å². The van der Waals surface area contributed by atoms with E-state index in [9.17, 15) is 0 Å². The van der Waals surface area contributed by atoms with Gasteiger partial charge in [0.15, 0.2) is 0 Å². The van der Waals surface area contributed by atoms with Crippen LogP contribution in [0.1, 0.15) is 45.1 Å². The van der Waals surface area contributed by atoms with E-state index >= 15 is 0 Å². The standard InChI is InChI=1S/C27H34NP/c1-3-5-20-28(21-6-4-2)23-24-14-13-19-27(22-24)29(25-15-9-7-10-16-25)26-17-11-8-12-18-26/h7-19,22H,3-6,20-21,23H2,1-2H3. The highest BCUT2D eigenvalue weighted by atomic mass is 31.1. The van der Waals surface area contributed by atoms with Gasteiger partial charge in [0.05, 0.1) is 0 Å². The summed E-state index contributed by atoms with van der Waals surface area (Å²) in [5, 5.41) is 4.28. The van der Waals surface area contributed by atoms with Gasteiger partial charge < -0.3 is 0 Å². The third-order valence-corrected chi connectivity index (χ3v) is 7.68. The lowest BCUT2D eigenvalue weighted by Gasteiger charge is -2.24. The minimum atomic E-state index is -0.528. The van der Waals surface area contributed by atoms with Gasteiger partial charge in [-0.1, -0.05) is 106 Å². The molecule has 29 heavy (non-hydrogen) atoms. The van der Waals surface area contributed by atoms with E-state index < -0.39 is 7.92 Å². The molecule has 0 amide bonds. The zero-order chi connectivity index (χ0) is 20.3. The van der Waals surface area contributed by atoms with Crippen molar-refractivity contribution in [1.29, 1.82) is 0 Å². The van der Waals surface area contributed by atoms with E-state index in [1.54, 1.807) is 0 Å². The summed E-state index contributed by atoms with van der Waals surface area (Å²) < 4.78 is 0. The van der Waals surface area contributed by atoms with Crippen molar-refractivity contribution in [3.8, 4) is 0 Å². The van der Waals surface area contributed by atoms with Gasteiger partial charge >= 0.3 is 0 Å². The van der Waals surface area contributed by atoms with E-state index in [1.165, 1.54) is 60.2 Å². The van der Waals surface area contributed by atoms with E-state index in [0.717, 1.165) is 6.54 Å². The quantitative estimate of drug-likeness (QED) is 0.363. The SMILES string of the molecule is CCCCN(CCCC)Cc1cccc(P(c2ccccc2)c2ccccc2)c1. The molecule has 3 aromatic carbocycles. The van der Waals surface area contributed by atoms with E-state index in [2.05, 4.69) is 104 Å². The largest absolute Gasteiger partial charge is 0.299 e. The second kappa shape index (κ2) is 11.9. The number of nitrogens with zero attached hydrogens (tertiary/aromatic N) is 1. The van der Waals surface area contributed by atoms with Crippen molar-refractivity contribution < 1.29 is 0 Å². The Bertz CT molecular complexity index is 784. The lowest BCUT2D eigenvalue weighted by molar-refractivity contribution is 0.257. The van der Waals surface area contributed by atoms with Crippen LogP contribution in [0.5, 0.6) is 0 Å². The molecule has 0 aliphatic rings. The first kappa shape index (κ1) is 21.8. The summed E-state index contributed by atoms with van der Waals surface area (Å²) in [4.78, 5) is 2.64. The monoisotopic (exact) mass is 403 g/mol. The normalized spacial score (nSPS) is 11.3. The Labute approximate surface area is 178 Å². The van der Waals surface area contributed by atoms with Gasteiger partial charge in [-0.2, -0.15) is 0 Å². The fraction of sp³-hybridized carbons (Fsp3) is 0.333. The molecular formula is C27H34NP. The number of unbranched alkanes of at least 4 members (excludes halogenated alkanes) is 2. The molecule has 1 nitrogen and oxygen atoms in total. The van der Waals surface area contributed by atoms with Crippen LogP contribution in [-0.4, -0.2) is 18.0 Å². The molecule has 0 saturated heterocycles. The second-order valence-corrected chi connectivity index (χ2v) is 9.88. The average molecular weight is 404 g/mol. The molecule has 0 saturated carbocycles. The predicted octanol–water partition coefficient (Wildman–Crippen LogP) is 5.85. The Morgan fingerprint density at radius 2 is 1.14 bits per heavy atom. The Morgan fingerprint density at radius 1 is 0.621 bits per heavy atom. The summed E-state index contributed by atoms with van der Waals surface area (Å²) in [7, 11) is -0.528. The first-order valence-corrected chi connectivity index (χ1v) is 12.4. The lowest BCUT2D eigenvalue weighted by Crippen LogP contribution is -2.26. The van der Waals surface area contributed by atoms with Crippen LogP contribution >= 0.6 is 7.92 Å². The van der Waals surface area contributed by atoms with Gasteiger partial charge in [0, 0.05) is 6.54 Å². The molecule has 0 aromatic heterocycles. The fourth-order valence-electron chi connectivity index (χ4n) is 3.69. The second-order valence-electron chi connectivity index (χ2n) is 7.66. The van der Waals surface area contributed by atoms with Crippen LogP contribution in [-0.2, 0) is 6.54 Å². The zero-order valence-electron chi connectivity index (χ0n) is 17.9. The molecule has 3 aromatic rings. The Kier molecular flexibility index (Phi) is 8.93. The number of hydrogen-bond acceptors (Lipinski definition) is 1. The van der Waals surface area contributed by atoms with Gasteiger partial charge in [-0.25, -0.2) is 0 Å². The van der Waals surface area contributed by atoms with Gasteiger partial charge in [-0.3, -0.25) is 4.90 Å². The maximum Gasteiger partial charge on any atom is 0.0233 e. The molecule has 0 radical (unpaired) electrons. The van der Waals surface area contributed by atoms with E-state index in [4.69, 9.17) is 0 Å². The molecule has 0 aliphatic heterocycles. The lowest BCUT2D eigenvalue weighted by atomic mass is 10.2. The molecule has 0 unspecified atom stereocenters.